The lowest BCUT2D eigenvalue weighted by atomic mass is 9.77. The molecular formula is C17H17ClFN3O. The molecule has 1 N–H and O–H groups in total. The van der Waals surface area contributed by atoms with Crippen molar-refractivity contribution >= 4 is 17.5 Å². The minimum Gasteiger partial charge on any atom is -0.338 e. The van der Waals surface area contributed by atoms with Crippen molar-refractivity contribution in [2.24, 2.45) is 0 Å². The summed E-state index contributed by atoms with van der Waals surface area (Å²) in [6.07, 6.45) is 5.82. The summed E-state index contributed by atoms with van der Waals surface area (Å²) in [5, 5.41) is 7.63. The molecule has 1 aliphatic carbocycles. The molecule has 1 amide bonds. The Balaban J connectivity index is 1.63. The Kier molecular flexibility index (Phi) is 3.41. The number of H-pyrrole nitrogens is 1. The molecule has 2 aliphatic rings. The Morgan fingerprint density at radius 3 is 3.13 bits per heavy atom. The van der Waals surface area contributed by atoms with E-state index in [1.807, 2.05) is 6.20 Å². The van der Waals surface area contributed by atoms with Gasteiger partial charge in [0.1, 0.15) is 5.82 Å². The van der Waals surface area contributed by atoms with E-state index in [0.29, 0.717) is 18.1 Å². The molecule has 2 aromatic rings. The van der Waals surface area contributed by atoms with Gasteiger partial charge in [-0.3, -0.25) is 9.89 Å². The molecule has 1 spiro atoms. The van der Waals surface area contributed by atoms with Crippen molar-refractivity contribution < 1.29 is 9.18 Å². The van der Waals surface area contributed by atoms with Gasteiger partial charge in [-0.05, 0) is 49.4 Å². The fourth-order valence-electron chi connectivity index (χ4n) is 4.00. The van der Waals surface area contributed by atoms with E-state index in [1.165, 1.54) is 23.8 Å². The smallest absolute Gasteiger partial charge is 0.256 e. The molecule has 2 heterocycles. The van der Waals surface area contributed by atoms with Crippen molar-refractivity contribution in [2.45, 2.75) is 31.1 Å². The number of nitrogens with one attached hydrogen (secondary N) is 1. The van der Waals surface area contributed by atoms with Crippen molar-refractivity contribution in [1.82, 2.24) is 15.1 Å². The topological polar surface area (TPSA) is 49.0 Å². The lowest BCUT2D eigenvalue weighted by molar-refractivity contribution is 0.0628. The van der Waals surface area contributed by atoms with Crippen molar-refractivity contribution in [3.63, 3.8) is 0 Å². The molecule has 1 fully saturated rings. The van der Waals surface area contributed by atoms with Gasteiger partial charge in [-0.2, -0.15) is 5.10 Å². The third-order valence-electron chi connectivity index (χ3n) is 5.14. The average Bonchev–Trinajstić information content (AvgIpc) is 3.14. The van der Waals surface area contributed by atoms with Crippen LogP contribution in [-0.4, -0.2) is 34.1 Å². The number of piperidine rings is 1. The Hall–Kier alpha value is -1.88. The van der Waals surface area contributed by atoms with Crippen LogP contribution in [0, 0.1) is 5.82 Å². The fourth-order valence-corrected chi connectivity index (χ4v) is 4.18. The van der Waals surface area contributed by atoms with Crippen LogP contribution in [0.1, 0.15) is 40.9 Å². The van der Waals surface area contributed by atoms with Gasteiger partial charge in [-0.1, -0.05) is 11.6 Å². The molecule has 1 unspecified atom stereocenters. The quantitative estimate of drug-likeness (QED) is 0.870. The summed E-state index contributed by atoms with van der Waals surface area (Å²) in [6, 6.07) is 4.12. The molecule has 0 radical (unpaired) electrons. The minimum absolute atomic E-state index is 0.0531. The molecular weight excluding hydrogens is 317 g/mol. The van der Waals surface area contributed by atoms with E-state index in [-0.39, 0.29) is 16.9 Å². The first-order valence-corrected chi connectivity index (χ1v) is 8.24. The first kappa shape index (κ1) is 14.7. The maximum Gasteiger partial charge on any atom is 0.256 e. The Bertz CT molecular complexity index is 775. The van der Waals surface area contributed by atoms with Crippen molar-refractivity contribution in [3.8, 4) is 0 Å². The number of aromatic nitrogens is 2. The Labute approximate surface area is 138 Å². The highest BCUT2D eigenvalue weighted by molar-refractivity contribution is 6.31. The van der Waals surface area contributed by atoms with Gasteiger partial charge in [0.2, 0.25) is 0 Å². The monoisotopic (exact) mass is 333 g/mol. The van der Waals surface area contributed by atoms with Crippen molar-refractivity contribution in [3.05, 3.63) is 52.1 Å². The lowest BCUT2D eigenvalue weighted by Crippen LogP contribution is -2.48. The maximum atomic E-state index is 14.0. The van der Waals surface area contributed by atoms with Crippen LogP contribution in [0.4, 0.5) is 4.39 Å². The zero-order valence-electron chi connectivity index (χ0n) is 12.6. The Morgan fingerprint density at radius 1 is 1.39 bits per heavy atom. The number of amides is 1. The van der Waals surface area contributed by atoms with E-state index >= 15 is 0 Å². The van der Waals surface area contributed by atoms with E-state index in [1.54, 1.807) is 4.90 Å². The molecule has 0 bridgehead atoms. The normalized spacial score (nSPS) is 23.3. The second-order valence-electron chi connectivity index (χ2n) is 6.51. The molecule has 120 valence electrons. The molecule has 6 heteroatoms. The van der Waals surface area contributed by atoms with Crippen LogP contribution in [0.25, 0.3) is 0 Å². The molecule has 4 nitrogen and oxygen atoms in total. The number of carbonyl (C=O) groups is 1. The van der Waals surface area contributed by atoms with E-state index < -0.39 is 5.82 Å². The molecule has 0 saturated carbocycles. The highest BCUT2D eigenvalue weighted by atomic mass is 35.5. The summed E-state index contributed by atoms with van der Waals surface area (Å²) in [5.41, 5.74) is 2.39. The largest absolute Gasteiger partial charge is 0.338 e. The molecule has 1 aromatic carbocycles. The van der Waals surface area contributed by atoms with Gasteiger partial charge < -0.3 is 4.90 Å². The lowest BCUT2D eigenvalue weighted by Gasteiger charge is -2.40. The Morgan fingerprint density at radius 2 is 2.26 bits per heavy atom. The number of aromatic amines is 1. The van der Waals surface area contributed by atoms with Gasteiger partial charge in [-0.15, -0.1) is 0 Å². The number of benzene rings is 1. The molecule has 1 saturated heterocycles. The predicted molar refractivity (Wildman–Crippen MR) is 85.1 cm³/mol. The summed E-state index contributed by atoms with van der Waals surface area (Å²) >= 11 is 5.92. The third-order valence-corrected chi connectivity index (χ3v) is 5.38. The van der Waals surface area contributed by atoms with Gasteiger partial charge >= 0.3 is 0 Å². The average molecular weight is 334 g/mol. The maximum absolute atomic E-state index is 14.0. The number of fused-ring (bicyclic) bond motifs is 2. The van der Waals surface area contributed by atoms with Gasteiger partial charge in [0.25, 0.3) is 5.91 Å². The molecule has 1 aromatic heterocycles. The van der Waals surface area contributed by atoms with Crippen molar-refractivity contribution in [1.29, 1.82) is 0 Å². The van der Waals surface area contributed by atoms with Crippen LogP contribution in [0.5, 0.6) is 0 Å². The van der Waals surface area contributed by atoms with E-state index in [0.717, 1.165) is 31.4 Å². The number of hydrogen-bond acceptors (Lipinski definition) is 2. The van der Waals surface area contributed by atoms with Crippen LogP contribution in [0.2, 0.25) is 5.02 Å². The van der Waals surface area contributed by atoms with Crippen LogP contribution in [0.15, 0.2) is 24.4 Å². The summed E-state index contributed by atoms with van der Waals surface area (Å²) in [6.45, 7) is 1.25. The van der Waals surface area contributed by atoms with Gasteiger partial charge in [-0.25, -0.2) is 4.39 Å². The summed E-state index contributed by atoms with van der Waals surface area (Å²) in [7, 11) is 0. The van der Waals surface area contributed by atoms with E-state index in [4.69, 9.17) is 11.6 Å². The number of aryl methyl sites for hydroxylation is 1. The first-order chi connectivity index (χ1) is 11.1. The standard InChI is InChI=1S/C17H17ClFN3O/c18-12-2-3-14(19)13(8-12)16(23)22-7-1-5-17(10-22)6-4-11-9-20-21-15(11)17/h2-3,8-9H,1,4-7,10H2,(H,20,21). The second kappa shape index (κ2) is 5.34. The third kappa shape index (κ3) is 2.34. The zero-order valence-corrected chi connectivity index (χ0v) is 13.4. The first-order valence-electron chi connectivity index (χ1n) is 7.86. The molecule has 4 rings (SSSR count). The highest BCUT2D eigenvalue weighted by Crippen LogP contribution is 2.44. The SMILES string of the molecule is O=C(c1cc(Cl)ccc1F)N1CCCC2(CCc3cn[nH]c32)C1. The summed E-state index contributed by atoms with van der Waals surface area (Å²) < 4.78 is 14.0. The second-order valence-corrected chi connectivity index (χ2v) is 6.94. The number of nitrogens with zero attached hydrogens (tertiary/aromatic N) is 2. The van der Waals surface area contributed by atoms with Gasteiger partial charge in [0.15, 0.2) is 0 Å². The predicted octanol–water partition coefficient (Wildman–Crippen LogP) is 3.32. The van der Waals surface area contributed by atoms with E-state index in [9.17, 15) is 9.18 Å². The van der Waals surface area contributed by atoms with E-state index in [2.05, 4.69) is 10.2 Å². The number of rotatable bonds is 1. The minimum atomic E-state index is -0.521. The van der Waals surface area contributed by atoms with Gasteiger partial charge in [0, 0.05) is 29.2 Å². The number of halogens is 2. The van der Waals surface area contributed by atoms with Crippen LogP contribution >= 0.6 is 11.6 Å². The van der Waals surface area contributed by atoms with Gasteiger partial charge in [0.05, 0.1) is 11.8 Å². The highest BCUT2D eigenvalue weighted by Gasteiger charge is 2.44. The number of hydrogen-bond donors (Lipinski definition) is 1. The molecule has 23 heavy (non-hydrogen) atoms. The number of carbonyl (C=O) groups excluding carboxylic acids is 1. The van der Waals surface area contributed by atoms with Crippen LogP contribution < -0.4 is 0 Å². The molecule has 1 aliphatic heterocycles. The van der Waals surface area contributed by atoms with Crippen molar-refractivity contribution in [2.75, 3.05) is 13.1 Å². The number of likely N-dealkylation sites (tertiary alicyclic amines) is 1. The van der Waals surface area contributed by atoms with Crippen LogP contribution in [-0.2, 0) is 11.8 Å². The summed E-state index contributed by atoms with van der Waals surface area (Å²) in [4.78, 5) is 14.5. The molecule has 1 atom stereocenters. The fraction of sp³-hybridized carbons (Fsp3) is 0.412. The summed E-state index contributed by atoms with van der Waals surface area (Å²) in [5.74, 6) is -0.801. The van der Waals surface area contributed by atoms with Crippen LogP contribution in [0.3, 0.4) is 0 Å². The zero-order chi connectivity index (χ0) is 16.0.